The fourth-order valence-electron chi connectivity index (χ4n) is 3.88. The van der Waals surface area contributed by atoms with E-state index in [1.807, 2.05) is 0 Å². The summed E-state index contributed by atoms with van der Waals surface area (Å²) in [6, 6.07) is 0. The van der Waals surface area contributed by atoms with Crippen LogP contribution in [0.5, 0.6) is 0 Å². The first-order chi connectivity index (χ1) is 16.6. The fraction of sp³-hybridized carbons (Fsp3) is 0.333. The number of benzene rings is 1. The lowest BCUT2D eigenvalue weighted by molar-refractivity contribution is -0.223. The quantitative estimate of drug-likeness (QED) is 0.353. The van der Waals surface area contributed by atoms with Crippen molar-refractivity contribution < 1.29 is 31.5 Å². The first kappa shape index (κ1) is 23.4. The predicted octanol–water partition coefficient (Wildman–Crippen LogP) is 5.00. The van der Waals surface area contributed by atoms with Crippen LogP contribution in [0.1, 0.15) is 25.0 Å². The summed E-state index contributed by atoms with van der Waals surface area (Å²) in [7, 11) is 0. The van der Waals surface area contributed by atoms with E-state index in [9.17, 15) is 22.4 Å². The number of nitrogens with zero attached hydrogens (tertiary/aromatic N) is 4. The van der Waals surface area contributed by atoms with Gasteiger partial charge in [0.05, 0.1) is 46.3 Å². The average molecular weight is 515 g/mol. The number of anilines is 1. The molecule has 8 nitrogen and oxygen atoms in total. The van der Waals surface area contributed by atoms with Crippen LogP contribution in [-0.4, -0.2) is 49.4 Å². The number of rotatable bonds is 6. The molecule has 1 aliphatic rings. The summed E-state index contributed by atoms with van der Waals surface area (Å²) < 4.78 is 75.7. The molecule has 35 heavy (non-hydrogen) atoms. The van der Waals surface area contributed by atoms with Crippen molar-refractivity contribution in [1.82, 2.24) is 24.6 Å². The van der Waals surface area contributed by atoms with Crippen LogP contribution < -0.4 is 5.32 Å². The SMILES string of the molecule is CCOC(c1c(F)c(Cl)c(-c2cn3cc(NC(=O)C4CC4F)nc3cn2)c2cn[nH]c12)C(F)(F)F. The Bertz CT molecular complexity index is 1450. The topological polar surface area (TPSA) is 97.2 Å². The number of hydrogen-bond donors (Lipinski definition) is 2. The molecule has 5 rings (SSSR count). The van der Waals surface area contributed by atoms with E-state index in [2.05, 4.69) is 25.5 Å². The first-order valence-corrected chi connectivity index (χ1v) is 10.8. The van der Waals surface area contributed by atoms with Crippen LogP contribution in [0, 0.1) is 11.7 Å². The Labute approximate surface area is 198 Å². The molecule has 3 atom stereocenters. The van der Waals surface area contributed by atoms with Crippen molar-refractivity contribution >= 4 is 39.9 Å². The molecule has 1 amide bonds. The maximum absolute atomic E-state index is 15.3. The van der Waals surface area contributed by atoms with E-state index in [1.165, 1.54) is 36.1 Å². The largest absolute Gasteiger partial charge is 0.419 e. The molecule has 3 unspecified atom stereocenters. The van der Waals surface area contributed by atoms with Crippen molar-refractivity contribution in [3.8, 4) is 11.3 Å². The van der Waals surface area contributed by atoms with Gasteiger partial charge in [0.15, 0.2) is 23.4 Å². The molecule has 2 N–H and O–H groups in total. The van der Waals surface area contributed by atoms with Gasteiger partial charge in [-0.15, -0.1) is 0 Å². The minimum atomic E-state index is -4.91. The van der Waals surface area contributed by atoms with Crippen molar-refractivity contribution in [3.05, 3.63) is 41.2 Å². The van der Waals surface area contributed by atoms with Gasteiger partial charge >= 0.3 is 6.18 Å². The summed E-state index contributed by atoms with van der Waals surface area (Å²) in [5, 5.41) is 8.21. The Morgan fingerprint density at radius 2 is 2.11 bits per heavy atom. The summed E-state index contributed by atoms with van der Waals surface area (Å²) in [5.41, 5.74) is -0.611. The number of amides is 1. The highest BCUT2D eigenvalue weighted by molar-refractivity contribution is 6.35. The number of halogens is 6. The molecule has 0 spiro atoms. The van der Waals surface area contributed by atoms with Crippen molar-refractivity contribution in [3.63, 3.8) is 0 Å². The summed E-state index contributed by atoms with van der Waals surface area (Å²) in [5.74, 6) is -2.37. The molecule has 14 heteroatoms. The third kappa shape index (κ3) is 4.08. The van der Waals surface area contributed by atoms with Crippen LogP contribution in [0.15, 0.2) is 24.8 Å². The molecule has 3 aromatic heterocycles. The van der Waals surface area contributed by atoms with Crippen LogP contribution in [-0.2, 0) is 9.53 Å². The molecule has 0 bridgehead atoms. The molecule has 1 saturated carbocycles. The van der Waals surface area contributed by atoms with Gasteiger partial charge in [-0.1, -0.05) is 11.6 Å². The molecule has 1 aromatic carbocycles. The van der Waals surface area contributed by atoms with Crippen LogP contribution in [0.3, 0.4) is 0 Å². The zero-order valence-electron chi connectivity index (χ0n) is 17.8. The second kappa shape index (κ2) is 8.41. The van der Waals surface area contributed by atoms with Crippen molar-refractivity contribution in [2.75, 3.05) is 11.9 Å². The van der Waals surface area contributed by atoms with E-state index in [1.54, 1.807) is 0 Å². The molecule has 0 radical (unpaired) electrons. The third-order valence-corrected chi connectivity index (χ3v) is 5.97. The van der Waals surface area contributed by atoms with Gasteiger partial charge < -0.3 is 14.5 Å². The summed E-state index contributed by atoms with van der Waals surface area (Å²) >= 11 is 6.25. The van der Waals surface area contributed by atoms with Crippen molar-refractivity contribution in [2.24, 2.45) is 5.92 Å². The van der Waals surface area contributed by atoms with Gasteiger partial charge in [-0.25, -0.2) is 13.8 Å². The highest BCUT2D eigenvalue weighted by Gasteiger charge is 2.46. The van der Waals surface area contributed by atoms with Crippen LogP contribution in [0.2, 0.25) is 5.02 Å². The summed E-state index contributed by atoms with van der Waals surface area (Å²) in [6.45, 7) is 1.04. The van der Waals surface area contributed by atoms with Gasteiger partial charge in [-0.05, 0) is 13.3 Å². The molecule has 3 heterocycles. The van der Waals surface area contributed by atoms with Crippen molar-refractivity contribution in [1.29, 1.82) is 0 Å². The standard InChI is InChI=1S/C21H16ClF5N6O2/c1-2-35-19(21(25,26)27)15-17(24)16(22)14(9-4-29-32-18(9)15)11-6-33-7-12(30-13(33)5-28-11)31-20(34)8-3-10(8)23/h4-8,10,19H,2-3H2,1H3,(H,29,32)(H,31,34). The Morgan fingerprint density at radius 3 is 2.77 bits per heavy atom. The maximum atomic E-state index is 15.3. The van der Waals surface area contributed by atoms with Gasteiger partial charge in [0.1, 0.15) is 6.17 Å². The Hall–Kier alpha value is -3.32. The van der Waals surface area contributed by atoms with E-state index in [0.717, 1.165) is 0 Å². The molecular weight excluding hydrogens is 499 g/mol. The van der Waals surface area contributed by atoms with E-state index in [-0.39, 0.29) is 41.0 Å². The van der Waals surface area contributed by atoms with E-state index in [4.69, 9.17) is 16.3 Å². The number of ether oxygens (including phenoxy) is 1. The molecule has 1 aliphatic carbocycles. The molecule has 0 saturated heterocycles. The van der Waals surface area contributed by atoms with Crippen LogP contribution in [0.25, 0.3) is 27.8 Å². The average Bonchev–Trinajstić information content (AvgIpc) is 3.16. The number of H-pyrrole nitrogens is 1. The normalized spacial score (nSPS) is 18.8. The number of aromatic amines is 1. The van der Waals surface area contributed by atoms with Crippen LogP contribution >= 0.6 is 11.6 Å². The zero-order valence-corrected chi connectivity index (χ0v) is 18.6. The summed E-state index contributed by atoms with van der Waals surface area (Å²) in [4.78, 5) is 20.4. The zero-order chi connectivity index (χ0) is 25.1. The second-order valence-corrected chi connectivity index (χ2v) is 8.34. The number of imidazole rings is 1. The van der Waals surface area contributed by atoms with Gasteiger partial charge in [-0.2, -0.15) is 18.3 Å². The number of hydrogen-bond acceptors (Lipinski definition) is 5. The minimum Gasteiger partial charge on any atom is -0.364 e. The summed E-state index contributed by atoms with van der Waals surface area (Å²) in [6.07, 6.45) is -3.09. The Kier molecular flexibility index (Phi) is 5.63. The van der Waals surface area contributed by atoms with E-state index < -0.39 is 46.7 Å². The van der Waals surface area contributed by atoms with E-state index >= 15 is 4.39 Å². The van der Waals surface area contributed by atoms with Gasteiger partial charge in [0.25, 0.3) is 0 Å². The number of alkyl halides is 4. The van der Waals surface area contributed by atoms with Gasteiger partial charge in [0.2, 0.25) is 5.91 Å². The lowest BCUT2D eigenvalue weighted by atomic mass is 9.99. The Morgan fingerprint density at radius 1 is 1.37 bits per heavy atom. The van der Waals surface area contributed by atoms with Gasteiger partial charge in [0, 0.05) is 23.8 Å². The minimum absolute atomic E-state index is 0.00790. The van der Waals surface area contributed by atoms with Crippen LogP contribution in [0.4, 0.5) is 27.8 Å². The second-order valence-electron chi connectivity index (χ2n) is 7.96. The number of fused-ring (bicyclic) bond motifs is 2. The molecule has 1 fully saturated rings. The lowest BCUT2D eigenvalue weighted by Gasteiger charge is -2.23. The monoisotopic (exact) mass is 514 g/mol. The highest BCUT2D eigenvalue weighted by atomic mass is 35.5. The number of aromatic nitrogens is 5. The Balaban J connectivity index is 1.59. The van der Waals surface area contributed by atoms with Crippen molar-refractivity contribution in [2.45, 2.75) is 31.8 Å². The molecule has 184 valence electrons. The number of nitrogens with one attached hydrogen (secondary N) is 2. The lowest BCUT2D eigenvalue weighted by Crippen LogP contribution is -2.25. The maximum Gasteiger partial charge on any atom is 0.419 e. The smallest absolute Gasteiger partial charge is 0.364 e. The number of carbonyl (C=O) groups excluding carboxylic acids is 1. The molecular formula is C21H16ClF5N6O2. The third-order valence-electron chi connectivity index (χ3n) is 5.62. The predicted molar refractivity (Wildman–Crippen MR) is 115 cm³/mol. The molecule has 0 aliphatic heterocycles. The highest BCUT2D eigenvalue weighted by Crippen LogP contribution is 2.45. The fourth-order valence-corrected chi connectivity index (χ4v) is 4.18. The first-order valence-electron chi connectivity index (χ1n) is 10.4. The molecule has 4 aromatic rings. The number of carbonyl (C=O) groups is 1. The van der Waals surface area contributed by atoms with Gasteiger partial charge in [-0.3, -0.25) is 14.9 Å². The van der Waals surface area contributed by atoms with E-state index in [0.29, 0.717) is 5.65 Å².